The second-order valence-corrected chi connectivity index (χ2v) is 4.95. The Morgan fingerprint density at radius 3 is 2.55 bits per heavy atom. The molecule has 0 bridgehead atoms. The van der Waals surface area contributed by atoms with Crippen molar-refractivity contribution in [2.45, 2.75) is 25.7 Å². The highest BCUT2D eigenvalue weighted by atomic mass is 32.2. The molecule has 0 spiro atoms. The molecule has 2 heterocycles. The minimum Gasteiger partial charge on any atom is -0.213 e. The van der Waals surface area contributed by atoms with E-state index < -0.39 is 0 Å². The highest BCUT2D eigenvalue weighted by Gasteiger charge is 2.06. The summed E-state index contributed by atoms with van der Waals surface area (Å²) in [4.78, 5) is 5.64. The SMILES string of the molecule is CC.CSc1cccc(-c2cccc3nc(C)nn23)c1. The van der Waals surface area contributed by atoms with Crippen LogP contribution in [0.4, 0.5) is 0 Å². The molecule has 1 aromatic carbocycles. The molecule has 4 heteroatoms. The van der Waals surface area contributed by atoms with Crippen molar-refractivity contribution in [1.82, 2.24) is 14.6 Å². The lowest BCUT2D eigenvalue weighted by atomic mass is 10.1. The Bertz CT molecular complexity index is 704. The summed E-state index contributed by atoms with van der Waals surface area (Å²) in [5.74, 6) is 0.795. The van der Waals surface area contributed by atoms with Crippen LogP contribution < -0.4 is 0 Å². The van der Waals surface area contributed by atoms with Crippen molar-refractivity contribution in [2.75, 3.05) is 6.26 Å². The summed E-state index contributed by atoms with van der Waals surface area (Å²) in [6.45, 7) is 5.91. The molecule has 0 aliphatic rings. The van der Waals surface area contributed by atoms with Crippen molar-refractivity contribution in [3.8, 4) is 11.3 Å². The van der Waals surface area contributed by atoms with E-state index in [1.165, 1.54) is 4.90 Å². The van der Waals surface area contributed by atoms with Crippen LogP contribution in [0.2, 0.25) is 0 Å². The quantitative estimate of drug-likeness (QED) is 0.651. The van der Waals surface area contributed by atoms with Gasteiger partial charge in [-0.05, 0) is 37.4 Å². The van der Waals surface area contributed by atoms with Gasteiger partial charge in [-0.2, -0.15) is 5.10 Å². The molecular formula is C16H19N3S. The Kier molecular flexibility index (Phi) is 4.79. The Balaban J connectivity index is 0.000000704. The summed E-state index contributed by atoms with van der Waals surface area (Å²) in [5, 5.41) is 4.44. The van der Waals surface area contributed by atoms with Crippen LogP contribution in [-0.4, -0.2) is 20.9 Å². The molecule has 3 aromatic rings. The topological polar surface area (TPSA) is 30.2 Å². The number of nitrogens with zero attached hydrogens (tertiary/aromatic N) is 3. The molecule has 0 saturated heterocycles. The average molecular weight is 285 g/mol. The normalized spacial score (nSPS) is 10.2. The van der Waals surface area contributed by atoms with Crippen LogP contribution in [0.15, 0.2) is 47.4 Å². The zero-order chi connectivity index (χ0) is 14.5. The first-order chi connectivity index (χ1) is 9.78. The van der Waals surface area contributed by atoms with E-state index in [1.54, 1.807) is 11.8 Å². The molecule has 3 rings (SSSR count). The summed E-state index contributed by atoms with van der Waals surface area (Å²) >= 11 is 1.74. The van der Waals surface area contributed by atoms with E-state index in [2.05, 4.69) is 46.7 Å². The first kappa shape index (κ1) is 14.6. The number of thioether (sulfide) groups is 1. The molecule has 0 fully saturated rings. The van der Waals surface area contributed by atoms with Crippen molar-refractivity contribution in [3.63, 3.8) is 0 Å². The lowest BCUT2D eigenvalue weighted by molar-refractivity contribution is 0.937. The molecule has 3 nitrogen and oxygen atoms in total. The monoisotopic (exact) mass is 285 g/mol. The van der Waals surface area contributed by atoms with Gasteiger partial charge in [-0.25, -0.2) is 9.50 Å². The number of pyridine rings is 1. The summed E-state index contributed by atoms with van der Waals surface area (Å²) < 4.78 is 1.90. The number of fused-ring (bicyclic) bond motifs is 1. The van der Waals surface area contributed by atoms with Gasteiger partial charge in [-0.1, -0.05) is 32.0 Å². The molecular weight excluding hydrogens is 266 g/mol. The third kappa shape index (κ3) is 2.85. The molecule has 0 atom stereocenters. The van der Waals surface area contributed by atoms with Crippen LogP contribution in [0.5, 0.6) is 0 Å². The number of hydrogen-bond donors (Lipinski definition) is 0. The van der Waals surface area contributed by atoms with Crippen LogP contribution in [0, 0.1) is 6.92 Å². The lowest BCUT2D eigenvalue weighted by Crippen LogP contribution is -1.93. The van der Waals surface area contributed by atoms with Crippen LogP contribution >= 0.6 is 11.8 Å². The van der Waals surface area contributed by atoms with Gasteiger partial charge in [-0.15, -0.1) is 11.8 Å². The fraction of sp³-hybridized carbons (Fsp3) is 0.250. The second-order valence-electron chi connectivity index (χ2n) is 4.07. The van der Waals surface area contributed by atoms with E-state index in [0.717, 1.165) is 22.7 Å². The van der Waals surface area contributed by atoms with Gasteiger partial charge < -0.3 is 0 Å². The highest BCUT2D eigenvalue weighted by molar-refractivity contribution is 7.98. The number of rotatable bonds is 2. The van der Waals surface area contributed by atoms with Crippen LogP contribution in [-0.2, 0) is 0 Å². The van der Waals surface area contributed by atoms with Gasteiger partial charge in [0.05, 0.1) is 5.69 Å². The summed E-state index contributed by atoms with van der Waals surface area (Å²) in [5.41, 5.74) is 3.13. The summed E-state index contributed by atoms with van der Waals surface area (Å²) in [6.07, 6.45) is 2.08. The zero-order valence-electron chi connectivity index (χ0n) is 12.3. The van der Waals surface area contributed by atoms with E-state index in [4.69, 9.17) is 0 Å². The van der Waals surface area contributed by atoms with E-state index in [-0.39, 0.29) is 0 Å². The molecule has 104 valence electrons. The third-order valence-electron chi connectivity index (χ3n) is 2.83. The Labute approximate surface area is 124 Å². The standard InChI is InChI=1S/C14H13N3S.C2H6/c1-10-15-14-8-4-7-13(17(14)16-10)11-5-3-6-12(9-11)18-2;1-2/h3-9H,1-2H3;1-2H3. The Morgan fingerprint density at radius 2 is 1.80 bits per heavy atom. The van der Waals surface area contributed by atoms with Gasteiger partial charge in [-0.3, -0.25) is 0 Å². The van der Waals surface area contributed by atoms with Crippen molar-refractivity contribution >= 4 is 17.4 Å². The molecule has 0 saturated carbocycles. The van der Waals surface area contributed by atoms with Crippen molar-refractivity contribution in [3.05, 3.63) is 48.3 Å². The number of aromatic nitrogens is 3. The van der Waals surface area contributed by atoms with Gasteiger partial charge in [0.1, 0.15) is 5.82 Å². The summed E-state index contributed by atoms with van der Waals surface area (Å²) in [6, 6.07) is 14.5. The van der Waals surface area contributed by atoms with E-state index in [1.807, 2.05) is 37.4 Å². The van der Waals surface area contributed by atoms with E-state index in [9.17, 15) is 0 Å². The fourth-order valence-electron chi connectivity index (χ4n) is 2.01. The lowest BCUT2D eigenvalue weighted by Gasteiger charge is -2.05. The molecule has 0 aliphatic carbocycles. The number of aryl methyl sites for hydroxylation is 1. The molecule has 20 heavy (non-hydrogen) atoms. The highest BCUT2D eigenvalue weighted by Crippen LogP contribution is 2.24. The number of benzene rings is 1. The van der Waals surface area contributed by atoms with Crippen molar-refractivity contribution in [2.24, 2.45) is 0 Å². The van der Waals surface area contributed by atoms with Gasteiger partial charge in [0, 0.05) is 10.5 Å². The average Bonchev–Trinajstić information content (AvgIpc) is 2.89. The summed E-state index contributed by atoms with van der Waals surface area (Å²) in [7, 11) is 0. The van der Waals surface area contributed by atoms with Gasteiger partial charge in [0.2, 0.25) is 0 Å². The maximum absolute atomic E-state index is 4.44. The molecule has 0 aliphatic heterocycles. The number of hydrogen-bond acceptors (Lipinski definition) is 3. The first-order valence-corrected chi connectivity index (χ1v) is 7.97. The van der Waals surface area contributed by atoms with E-state index >= 15 is 0 Å². The minimum absolute atomic E-state index is 0.795. The first-order valence-electron chi connectivity index (χ1n) is 6.75. The zero-order valence-corrected chi connectivity index (χ0v) is 13.1. The molecule has 0 amide bonds. The smallest absolute Gasteiger partial charge is 0.156 e. The van der Waals surface area contributed by atoms with E-state index in [0.29, 0.717) is 0 Å². The van der Waals surface area contributed by atoms with Crippen molar-refractivity contribution in [1.29, 1.82) is 0 Å². The second kappa shape index (κ2) is 6.57. The largest absolute Gasteiger partial charge is 0.213 e. The van der Waals surface area contributed by atoms with Crippen LogP contribution in [0.1, 0.15) is 19.7 Å². The van der Waals surface area contributed by atoms with Gasteiger partial charge in [0.25, 0.3) is 0 Å². The molecule has 0 radical (unpaired) electrons. The Morgan fingerprint density at radius 1 is 1.05 bits per heavy atom. The predicted molar refractivity (Wildman–Crippen MR) is 86.3 cm³/mol. The van der Waals surface area contributed by atoms with Crippen LogP contribution in [0.25, 0.3) is 16.9 Å². The van der Waals surface area contributed by atoms with Gasteiger partial charge in [0.15, 0.2) is 5.65 Å². The molecule has 0 unspecified atom stereocenters. The van der Waals surface area contributed by atoms with Crippen LogP contribution in [0.3, 0.4) is 0 Å². The molecule has 0 N–H and O–H groups in total. The fourth-order valence-corrected chi connectivity index (χ4v) is 2.47. The third-order valence-corrected chi connectivity index (χ3v) is 3.56. The minimum atomic E-state index is 0.795. The van der Waals surface area contributed by atoms with Crippen molar-refractivity contribution < 1.29 is 0 Å². The molecule has 2 aromatic heterocycles. The maximum Gasteiger partial charge on any atom is 0.156 e. The predicted octanol–water partition coefficient (Wildman–Crippen LogP) is 4.45. The Hall–Kier alpha value is -1.81. The maximum atomic E-state index is 4.44. The van der Waals surface area contributed by atoms with Gasteiger partial charge >= 0.3 is 0 Å².